The third-order valence-corrected chi connectivity index (χ3v) is 3.41. The Hall–Kier alpha value is -0.910. The Morgan fingerprint density at radius 2 is 2.39 bits per heavy atom. The molecule has 2 rings (SSSR count). The first-order valence-electron chi connectivity index (χ1n) is 5.83. The molecule has 1 aliphatic rings. The molecule has 5 heteroatoms. The van der Waals surface area contributed by atoms with E-state index in [0.717, 1.165) is 27.8 Å². The summed E-state index contributed by atoms with van der Waals surface area (Å²) in [5.74, 6) is 0.809. The molecule has 1 aliphatic heterocycles. The van der Waals surface area contributed by atoms with Crippen LogP contribution in [-0.4, -0.2) is 32.1 Å². The third-order valence-electron chi connectivity index (χ3n) is 2.95. The van der Waals surface area contributed by atoms with Gasteiger partial charge in [0, 0.05) is 30.0 Å². The van der Waals surface area contributed by atoms with Gasteiger partial charge in [-0.15, -0.1) is 0 Å². The Labute approximate surface area is 115 Å². The van der Waals surface area contributed by atoms with Gasteiger partial charge in [-0.3, -0.25) is 4.79 Å². The first kappa shape index (κ1) is 13.5. The monoisotopic (exact) mass is 313 g/mol. The van der Waals surface area contributed by atoms with E-state index in [1.807, 2.05) is 12.1 Å². The minimum Gasteiger partial charge on any atom is -0.493 e. The van der Waals surface area contributed by atoms with Crippen LogP contribution in [0.3, 0.4) is 0 Å². The molecule has 0 bridgehead atoms. The normalized spacial score (nSPS) is 15.1. The van der Waals surface area contributed by atoms with Crippen LogP contribution < -0.4 is 10.5 Å². The molecule has 1 aromatic carbocycles. The number of ketones is 1. The highest BCUT2D eigenvalue weighted by molar-refractivity contribution is 9.10. The largest absolute Gasteiger partial charge is 0.493 e. The number of ether oxygens (including phenoxy) is 2. The molecule has 0 saturated heterocycles. The van der Waals surface area contributed by atoms with E-state index in [1.165, 1.54) is 7.11 Å². The number of benzene rings is 1. The lowest BCUT2D eigenvalue weighted by atomic mass is 10.0. The molecule has 0 radical (unpaired) electrons. The zero-order valence-electron chi connectivity index (χ0n) is 10.2. The van der Waals surface area contributed by atoms with Crippen molar-refractivity contribution in [2.45, 2.75) is 18.9 Å². The minimum atomic E-state index is -0.578. The number of carbonyl (C=O) groups is 1. The number of carbonyl (C=O) groups excluding carboxylic acids is 1. The molecule has 0 saturated carbocycles. The lowest BCUT2D eigenvalue weighted by Crippen LogP contribution is -2.36. The van der Waals surface area contributed by atoms with Gasteiger partial charge in [0.1, 0.15) is 5.75 Å². The van der Waals surface area contributed by atoms with Gasteiger partial charge in [-0.1, -0.05) is 15.9 Å². The van der Waals surface area contributed by atoms with E-state index < -0.39 is 6.04 Å². The second-order valence-electron chi connectivity index (χ2n) is 4.36. The zero-order valence-corrected chi connectivity index (χ0v) is 11.8. The highest BCUT2D eigenvalue weighted by Crippen LogP contribution is 2.33. The van der Waals surface area contributed by atoms with Crippen LogP contribution >= 0.6 is 15.9 Å². The van der Waals surface area contributed by atoms with Crippen molar-refractivity contribution in [2.24, 2.45) is 5.73 Å². The van der Waals surface area contributed by atoms with Crippen LogP contribution in [0.4, 0.5) is 0 Å². The second-order valence-corrected chi connectivity index (χ2v) is 5.27. The number of fused-ring (bicyclic) bond motifs is 1. The summed E-state index contributed by atoms with van der Waals surface area (Å²) in [7, 11) is 1.53. The van der Waals surface area contributed by atoms with Crippen molar-refractivity contribution >= 4 is 21.7 Å². The predicted octanol–water partition coefficient (Wildman–Crippen LogP) is 1.47. The van der Waals surface area contributed by atoms with Crippen LogP contribution in [0.25, 0.3) is 0 Å². The molecule has 1 atom stereocenters. The maximum absolute atomic E-state index is 11.9. The Morgan fingerprint density at radius 1 is 1.61 bits per heavy atom. The average Bonchev–Trinajstić information content (AvgIpc) is 2.77. The number of rotatable bonds is 5. The third kappa shape index (κ3) is 2.91. The van der Waals surface area contributed by atoms with Crippen LogP contribution in [0, 0.1) is 0 Å². The van der Waals surface area contributed by atoms with E-state index in [9.17, 15) is 4.79 Å². The molecule has 1 heterocycles. The number of hydrogen-bond acceptors (Lipinski definition) is 4. The van der Waals surface area contributed by atoms with Crippen molar-refractivity contribution in [2.75, 3.05) is 20.3 Å². The summed E-state index contributed by atoms with van der Waals surface area (Å²) in [4.78, 5) is 11.9. The Morgan fingerprint density at radius 3 is 3.11 bits per heavy atom. The van der Waals surface area contributed by atoms with E-state index >= 15 is 0 Å². The van der Waals surface area contributed by atoms with Crippen LogP contribution in [0.5, 0.6) is 5.75 Å². The molecule has 4 nitrogen and oxygen atoms in total. The zero-order chi connectivity index (χ0) is 13.1. The van der Waals surface area contributed by atoms with Crippen molar-refractivity contribution in [3.63, 3.8) is 0 Å². The molecule has 0 aliphatic carbocycles. The summed E-state index contributed by atoms with van der Waals surface area (Å²) in [5, 5.41) is 0. The molecule has 98 valence electrons. The molecule has 0 aromatic heterocycles. The summed E-state index contributed by atoms with van der Waals surface area (Å²) < 4.78 is 11.4. The van der Waals surface area contributed by atoms with E-state index in [2.05, 4.69) is 15.9 Å². The number of hydrogen-bond donors (Lipinski definition) is 1. The first-order valence-corrected chi connectivity index (χ1v) is 6.62. The highest BCUT2D eigenvalue weighted by atomic mass is 79.9. The van der Waals surface area contributed by atoms with Gasteiger partial charge in [-0.05, 0) is 17.7 Å². The van der Waals surface area contributed by atoms with Crippen molar-refractivity contribution in [1.82, 2.24) is 0 Å². The maximum atomic E-state index is 11.9. The van der Waals surface area contributed by atoms with Crippen molar-refractivity contribution < 1.29 is 14.3 Å². The Balaban J connectivity index is 2.17. The number of nitrogens with two attached hydrogens (primary N) is 1. The molecule has 2 N–H and O–H groups in total. The predicted molar refractivity (Wildman–Crippen MR) is 71.9 cm³/mol. The van der Waals surface area contributed by atoms with E-state index in [-0.39, 0.29) is 18.8 Å². The molecule has 18 heavy (non-hydrogen) atoms. The van der Waals surface area contributed by atoms with E-state index in [1.54, 1.807) is 0 Å². The SMILES string of the molecule is COCC(N)C(=O)Cc1cc(Br)cc2c1OCC2. The summed E-state index contributed by atoms with van der Waals surface area (Å²) in [6.45, 7) is 0.924. The van der Waals surface area contributed by atoms with Gasteiger partial charge in [-0.2, -0.15) is 0 Å². The highest BCUT2D eigenvalue weighted by Gasteiger charge is 2.21. The van der Waals surface area contributed by atoms with Gasteiger partial charge < -0.3 is 15.2 Å². The van der Waals surface area contributed by atoms with Gasteiger partial charge in [0.15, 0.2) is 5.78 Å². The summed E-state index contributed by atoms with van der Waals surface area (Å²) >= 11 is 3.45. The first-order chi connectivity index (χ1) is 8.61. The molecule has 0 amide bonds. The number of methoxy groups -OCH3 is 1. The standard InChI is InChI=1S/C13H16BrNO3/c1-17-7-11(15)12(16)6-9-5-10(14)4-8-2-3-18-13(8)9/h4-5,11H,2-3,6-7,15H2,1H3. The van der Waals surface area contributed by atoms with Crippen LogP contribution in [-0.2, 0) is 22.4 Å². The smallest absolute Gasteiger partial charge is 0.156 e. The van der Waals surface area contributed by atoms with Gasteiger partial charge >= 0.3 is 0 Å². The molecule has 0 spiro atoms. The Bertz CT molecular complexity index is 462. The quantitative estimate of drug-likeness (QED) is 0.894. The van der Waals surface area contributed by atoms with Crippen molar-refractivity contribution in [3.8, 4) is 5.75 Å². The maximum Gasteiger partial charge on any atom is 0.156 e. The minimum absolute atomic E-state index is 0.0346. The summed E-state index contributed by atoms with van der Waals surface area (Å²) in [5.41, 5.74) is 7.77. The second kappa shape index (κ2) is 5.82. The van der Waals surface area contributed by atoms with E-state index in [4.69, 9.17) is 15.2 Å². The molecule has 1 unspecified atom stereocenters. The fourth-order valence-electron chi connectivity index (χ4n) is 2.07. The average molecular weight is 314 g/mol. The van der Waals surface area contributed by atoms with Crippen LogP contribution in [0.15, 0.2) is 16.6 Å². The molecule has 1 aromatic rings. The van der Waals surface area contributed by atoms with Gasteiger partial charge in [-0.25, -0.2) is 0 Å². The van der Waals surface area contributed by atoms with E-state index in [0.29, 0.717) is 6.61 Å². The Kier molecular flexibility index (Phi) is 4.37. The topological polar surface area (TPSA) is 61.5 Å². The summed E-state index contributed by atoms with van der Waals surface area (Å²) in [6.07, 6.45) is 1.17. The van der Waals surface area contributed by atoms with Crippen molar-refractivity contribution in [1.29, 1.82) is 0 Å². The molecular weight excluding hydrogens is 298 g/mol. The van der Waals surface area contributed by atoms with Crippen molar-refractivity contribution in [3.05, 3.63) is 27.7 Å². The fourth-order valence-corrected chi connectivity index (χ4v) is 2.62. The molecular formula is C13H16BrNO3. The lowest BCUT2D eigenvalue weighted by Gasteiger charge is -2.12. The van der Waals surface area contributed by atoms with Crippen LogP contribution in [0.2, 0.25) is 0 Å². The van der Waals surface area contributed by atoms with Gasteiger partial charge in [0.2, 0.25) is 0 Å². The lowest BCUT2D eigenvalue weighted by molar-refractivity contribution is -0.120. The van der Waals surface area contributed by atoms with Gasteiger partial charge in [0.25, 0.3) is 0 Å². The fraction of sp³-hybridized carbons (Fsp3) is 0.462. The summed E-state index contributed by atoms with van der Waals surface area (Å²) in [6, 6.07) is 3.37. The number of Topliss-reactive ketones (excluding diaryl/α,β-unsaturated/α-hetero) is 1. The van der Waals surface area contributed by atoms with Gasteiger partial charge in [0.05, 0.1) is 19.3 Å². The van der Waals surface area contributed by atoms with Crippen LogP contribution in [0.1, 0.15) is 11.1 Å². The number of halogens is 1. The molecule has 0 fully saturated rings.